The fraction of sp³-hybridized carbons (Fsp3) is 0.357. The third kappa shape index (κ3) is 15.2. The number of benzene rings is 2. The average molecular weight is 780 g/mol. The van der Waals surface area contributed by atoms with E-state index in [0.29, 0.717) is 34.5 Å². The van der Waals surface area contributed by atoms with Crippen LogP contribution in [0.1, 0.15) is 12.8 Å². The summed E-state index contributed by atoms with van der Waals surface area (Å²) in [6.45, 7) is 3.01. The first-order valence-electron chi connectivity index (χ1n) is 14.2. The Balaban J connectivity index is 0.000000299. The number of rotatable bonds is 14. The van der Waals surface area contributed by atoms with Gasteiger partial charge in [0.2, 0.25) is 12.7 Å². The van der Waals surface area contributed by atoms with Crippen molar-refractivity contribution in [3.63, 3.8) is 0 Å². The maximum atomic E-state index is 11.1. The van der Waals surface area contributed by atoms with Crippen molar-refractivity contribution < 1.29 is 36.5 Å². The number of anilines is 2. The Hall–Kier alpha value is -3.59. The number of halogens is 2. The molecule has 2 aromatic carbocycles. The van der Waals surface area contributed by atoms with Gasteiger partial charge in [-0.15, -0.1) is 23.5 Å². The summed E-state index contributed by atoms with van der Waals surface area (Å²) in [7, 11) is -1.23. The Morgan fingerprint density at radius 1 is 0.755 bits per heavy atom. The molecule has 21 heteroatoms. The van der Waals surface area contributed by atoms with Crippen molar-refractivity contribution in [3.05, 3.63) is 92.0 Å². The zero-order chi connectivity index (χ0) is 36.7. The van der Waals surface area contributed by atoms with E-state index in [2.05, 4.69) is 19.8 Å². The minimum atomic E-state index is -5.17. The molecule has 0 bridgehead atoms. The van der Waals surface area contributed by atoms with Gasteiger partial charge in [-0.3, -0.25) is 28.6 Å². The molecule has 0 saturated heterocycles. The maximum absolute atomic E-state index is 11.1. The maximum Gasteiger partial charge on any atom is 0.293 e. The number of imidazole rings is 2. The SMILES string of the molecule is CSc1cc(NCCCn2cc[n+](C)c2)c([N+](=O)[O-])cc1Cl.CSc1cc(NCCCn2cc[n+](C)c2)c([N+](=O)[O-])cc1Cl.O=S(=O)([O-])[O-]. The Morgan fingerprint density at radius 3 is 1.37 bits per heavy atom. The molecule has 0 fully saturated rings. The normalized spacial score (nSPS) is 10.8. The van der Waals surface area contributed by atoms with Gasteiger partial charge in [0.1, 0.15) is 36.2 Å². The van der Waals surface area contributed by atoms with E-state index in [1.807, 2.05) is 73.2 Å². The van der Waals surface area contributed by atoms with Crippen molar-refractivity contribution >= 4 is 79.9 Å². The molecule has 268 valence electrons. The van der Waals surface area contributed by atoms with E-state index in [-0.39, 0.29) is 11.4 Å². The lowest BCUT2D eigenvalue weighted by molar-refractivity contribution is -0.671. The lowest BCUT2D eigenvalue weighted by Crippen LogP contribution is -2.23. The highest BCUT2D eigenvalue weighted by Crippen LogP contribution is 2.36. The highest BCUT2D eigenvalue weighted by molar-refractivity contribution is 7.99. The van der Waals surface area contributed by atoms with Crippen LogP contribution in [-0.4, -0.2) is 62.1 Å². The summed E-state index contributed by atoms with van der Waals surface area (Å²) in [5.74, 6) is 0. The molecule has 0 aliphatic rings. The minimum absolute atomic E-state index is 0.00941. The van der Waals surface area contributed by atoms with Gasteiger partial charge in [0.15, 0.2) is 0 Å². The molecular formula is C28H36Cl2N8O8S3. The quantitative estimate of drug-likeness (QED) is 0.0335. The topological polar surface area (TPSA) is 208 Å². The molecule has 2 N–H and O–H groups in total. The number of hydrogen-bond donors (Lipinski definition) is 2. The summed E-state index contributed by atoms with van der Waals surface area (Å²) >= 11 is 15.0. The van der Waals surface area contributed by atoms with Crippen LogP contribution in [0.25, 0.3) is 0 Å². The van der Waals surface area contributed by atoms with Crippen LogP contribution < -0.4 is 19.8 Å². The number of nitro benzene ring substituents is 2. The zero-order valence-corrected chi connectivity index (χ0v) is 30.9. The third-order valence-corrected chi connectivity index (χ3v) is 8.80. The molecule has 0 radical (unpaired) electrons. The van der Waals surface area contributed by atoms with E-state index < -0.39 is 20.2 Å². The van der Waals surface area contributed by atoms with E-state index in [1.165, 1.54) is 35.7 Å². The van der Waals surface area contributed by atoms with E-state index >= 15 is 0 Å². The lowest BCUT2D eigenvalue weighted by Gasteiger charge is -2.09. The van der Waals surface area contributed by atoms with Crippen LogP contribution >= 0.6 is 46.7 Å². The molecule has 0 saturated carbocycles. The summed E-state index contributed by atoms with van der Waals surface area (Å²) in [4.78, 5) is 23.1. The second-order valence-corrected chi connectivity index (χ2v) is 13.5. The number of nitrogens with one attached hydrogen (secondary N) is 2. The molecule has 16 nitrogen and oxygen atoms in total. The van der Waals surface area contributed by atoms with Gasteiger partial charge in [-0.2, -0.15) is 0 Å². The summed E-state index contributed by atoms with van der Waals surface area (Å²) < 4.78 is 42.2. The number of nitro groups is 2. The standard InChI is InChI=1S/2C14H18ClN4O2S.H2O4S/c2*1-17-6-7-18(10-17)5-3-4-16-12-9-14(22-2)11(15)8-13(12)19(20)21;1-5(2,3)4/h2*6-10,16H,3-5H2,1-2H3;(H2,1,2,3,4)/q2*+1;/p-2. The van der Waals surface area contributed by atoms with Crippen LogP contribution in [-0.2, 0) is 37.6 Å². The van der Waals surface area contributed by atoms with E-state index in [0.717, 1.165) is 35.7 Å². The molecule has 4 rings (SSSR count). The molecule has 2 aromatic heterocycles. The molecule has 0 unspecified atom stereocenters. The van der Waals surface area contributed by atoms with Crippen molar-refractivity contribution in [2.75, 3.05) is 36.2 Å². The van der Waals surface area contributed by atoms with Crippen LogP contribution in [0.3, 0.4) is 0 Å². The summed E-state index contributed by atoms with van der Waals surface area (Å²) in [6, 6.07) is 6.28. The Labute approximate surface area is 302 Å². The van der Waals surface area contributed by atoms with Gasteiger partial charge < -0.3 is 19.7 Å². The number of aryl methyl sites for hydroxylation is 4. The molecular weight excluding hydrogens is 743 g/mol. The summed E-state index contributed by atoms with van der Waals surface area (Å²) in [5, 5.41) is 29.3. The fourth-order valence-electron chi connectivity index (χ4n) is 4.22. The van der Waals surface area contributed by atoms with Gasteiger partial charge in [-0.25, -0.2) is 18.3 Å². The van der Waals surface area contributed by atoms with Crippen LogP contribution in [0, 0.1) is 20.2 Å². The predicted molar refractivity (Wildman–Crippen MR) is 188 cm³/mol. The third-order valence-electron chi connectivity index (χ3n) is 6.40. The second-order valence-electron chi connectivity index (χ2n) is 10.1. The van der Waals surface area contributed by atoms with Gasteiger partial charge in [0.25, 0.3) is 11.4 Å². The van der Waals surface area contributed by atoms with Crippen LogP contribution in [0.2, 0.25) is 10.0 Å². The Kier molecular flexibility index (Phi) is 17.1. The molecule has 4 aromatic rings. The van der Waals surface area contributed by atoms with Crippen LogP contribution in [0.5, 0.6) is 0 Å². The van der Waals surface area contributed by atoms with E-state index in [4.69, 9.17) is 40.7 Å². The lowest BCUT2D eigenvalue weighted by atomic mass is 10.2. The van der Waals surface area contributed by atoms with Crippen molar-refractivity contribution in [2.24, 2.45) is 14.1 Å². The molecule has 0 spiro atoms. The van der Waals surface area contributed by atoms with Gasteiger partial charge in [0.05, 0.1) is 47.1 Å². The van der Waals surface area contributed by atoms with Gasteiger partial charge in [-0.05, 0) is 24.6 Å². The fourth-order valence-corrected chi connectivity index (χ4v) is 5.98. The minimum Gasteiger partial charge on any atom is -0.759 e. The number of aromatic nitrogens is 4. The van der Waals surface area contributed by atoms with E-state index in [9.17, 15) is 20.2 Å². The van der Waals surface area contributed by atoms with Crippen molar-refractivity contribution in [1.29, 1.82) is 0 Å². The first kappa shape index (κ1) is 41.6. The highest BCUT2D eigenvalue weighted by atomic mass is 35.5. The van der Waals surface area contributed by atoms with Crippen molar-refractivity contribution in [1.82, 2.24) is 9.13 Å². The molecule has 49 heavy (non-hydrogen) atoms. The first-order chi connectivity index (χ1) is 23.0. The highest BCUT2D eigenvalue weighted by Gasteiger charge is 2.18. The molecule has 0 atom stereocenters. The number of hydrogen-bond acceptors (Lipinski definition) is 12. The molecule has 0 aliphatic carbocycles. The first-order valence-corrected chi connectivity index (χ1v) is 18.8. The largest absolute Gasteiger partial charge is 0.759 e. The molecule has 2 heterocycles. The number of nitrogens with zero attached hydrogens (tertiary/aromatic N) is 6. The smallest absolute Gasteiger partial charge is 0.293 e. The van der Waals surface area contributed by atoms with Crippen molar-refractivity contribution in [3.8, 4) is 0 Å². The Bertz CT molecular complexity index is 1700. The van der Waals surface area contributed by atoms with Gasteiger partial charge >= 0.3 is 0 Å². The summed E-state index contributed by atoms with van der Waals surface area (Å²) in [5.41, 5.74) is 1.04. The van der Waals surface area contributed by atoms with Crippen molar-refractivity contribution in [2.45, 2.75) is 35.7 Å². The summed E-state index contributed by atoms with van der Waals surface area (Å²) in [6.07, 6.45) is 17.4. The van der Waals surface area contributed by atoms with Gasteiger partial charge in [-0.1, -0.05) is 23.2 Å². The van der Waals surface area contributed by atoms with Crippen LogP contribution in [0.15, 0.2) is 71.5 Å². The number of thioether (sulfide) groups is 2. The molecule has 0 amide bonds. The predicted octanol–water partition coefficient (Wildman–Crippen LogP) is 4.86. The monoisotopic (exact) mass is 778 g/mol. The molecule has 0 aliphatic heterocycles. The van der Waals surface area contributed by atoms with Crippen LogP contribution in [0.4, 0.5) is 22.7 Å². The zero-order valence-electron chi connectivity index (χ0n) is 26.9. The van der Waals surface area contributed by atoms with Gasteiger partial charge in [0, 0.05) is 58.3 Å². The Morgan fingerprint density at radius 2 is 1.10 bits per heavy atom. The van der Waals surface area contributed by atoms with E-state index in [1.54, 1.807) is 12.1 Å². The average Bonchev–Trinajstić information content (AvgIpc) is 3.64. The second kappa shape index (κ2) is 20.2.